The highest BCUT2D eigenvalue weighted by Gasteiger charge is 2.27. The minimum Gasteiger partial charge on any atom is -0.362 e. The molecule has 20 heavy (non-hydrogen) atoms. The van der Waals surface area contributed by atoms with Gasteiger partial charge in [-0.15, -0.1) is 0 Å². The van der Waals surface area contributed by atoms with Gasteiger partial charge in [0.2, 0.25) is 0 Å². The Hall–Kier alpha value is -1.88. The molecule has 5 heteroatoms. The van der Waals surface area contributed by atoms with Gasteiger partial charge in [0.05, 0.1) is 6.54 Å². The van der Waals surface area contributed by atoms with Crippen LogP contribution in [-0.4, -0.2) is 26.8 Å². The number of nitrogens with one attached hydrogen (secondary N) is 1. The van der Waals surface area contributed by atoms with Crippen LogP contribution >= 0.6 is 0 Å². The minimum atomic E-state index is 0.0671. The second-order valence-corrected chi connectivity index (χ2v) is 6.02. The summed E-state index contributed by atoms with van der Waals surface area (Å²) in [7, 11) is 1.94. The van der Waals surface area contributed by atoms with Crippen molar-refractivity contribution in [1.82, 2.24) is 20.1 Å². The fourth-order valence-corrected chi connectivity index (χ4v) is 2.70. The Morgan fingerprint density at radius 3 is 2.85 bits per heavy atom. The number of fused-ring (bicyclic) bond motifs is 1. The molecule has 0 amide bonds. The number of nitrogens with zero attached hydrogens (tertiary/aromatic N) is 4. The van der Waals surface area contributed by atoms with Crippen LogP contribution in [0.4, 0.5) is 5.69 Å². The maximum absolute atomic E-state index is 4.35. The Labute approximate surface area is 119 Å². The lowest BCUT2D eigenvalue weighted by atomic mass is 10.1. The molecule has 1 aromatic carbocycles. The average molecular weight is 271 g/mol. The van der Waals surface area contributed by atoms with Gasteiger partial charge in [-0.3, -0.25) is 4.68 Å². The van der Waals surface area contributed by atoms with E-state index in [0.717, 1.165) is 25.5 Å². The summed E-state index contributed by atoms with van der Waals surface area (Å²) in [5.41, 5.74) is 2.69. The zero-order valence-corrected chi connectivity index (χ0v) is 12.3. The SMILES string of the molecule is Cn1ncnc1CN1CC(C)(C)NCc2ccccc21. The molecule has 2 aromatic rings. The van der Waals surface area contributed by atoms with Crippen molar-refractivity contribution in [2.45, 2.75) is 32.5 Å². The third-order valence-electron chi connectivity index (χ3n) is 3.81. The first-order valence-corrected chi connectivity index (χ1v) is 6.96. The summed E-state index contributed by atoms with van der Waals surface area (Å²) in [6.45, 7) is 7.10. The molecule has 0 aliphatic carbocycles. The van der Waals surface area contributed by atoms with Gasteiger partial charge >= 0.3 is 0 Å². The first-order chi connectivity index (χ1) is 9.55. The van der Waals surface area contributed by atoms with E-state index in [-0.39, 0.29) is 5.54 Å². The normalized spacial score (nSPS) is 17.6. The Bertz CT molecular complexity index is 602. The maximum atomic E-state index is 4.35. The van der Waals surface area contributed by atoms with Gasteiger partial charge in [-0.05, 0) is 25.5 Å². The Kier molecular flexibility index (Phi) is 3.22. The Morgan fingerprint density at radius 2 is 2.10 bits per heavy atom. The molecule has 3 rings (SSSR count). The van der Waals surface area contributed by atoms with E-state index in [1.165, 1.54) is 11.3 Å². The van der Waals surface area contributed by atoms with E-state index in [9.17, 15) is 0 Å². The first-order valence-electron chi connectivity index (χ1n) is 6.96. The van der Waals surface area contributed by atoms with Gasteiger partial charge in [-0.25, -0.2) is 4.98 Å². The van der Waals surface area contributed by atoms with Gasteiger partial charge in [0, 0.05) is 31.4 Å². The Morgan fingerprint density at radius 1 is 1.30 bits per heavy atom. The summed E-state index contributed by atoms with van der Waals surface area (Å²) in [6.07, 6.45) is 1.61. The van der Waals surface area contributed by atoms with Crippen molar-refractivity contribution in [2.24, 2.45) is 7.05 Å². The molecule has 0 unspecified atom stereocenters. The molecule has 0 atom stereocenters. The van der Waals surface area contributed by atoms with Crippen molar-refractivity contribution in [2.75, 3.05) is 11.4 Å². The molecule has 0 spiro atoms. The monoisotopic (exact) mass is 271 g/mol. The molecular weight excluding hydrogens is 250 g/mol. The van der Waals surface area contributed by atoms with Crippen LogP contribution in [0.1, 0.15) is 25.2 Å². The highest BCUT2D eigenvalue weighted by molar-refractivity contribution is 5.55. The van der Waals surface area contributed by atoms with Crippen molar-refractivity contribution < 1.29 is 0 Å². The molecule has 0 saturated carbocycles. The molecule has 1 aliphatic rings. The van der Waals surface area contributed by atoms with E-state index < -0.39 is 0 Å². The molecule has 1 aliphatic heterocycles. The predicted octanol–water partition coefficient (Wildman–Crippen LogP) is 1.70. The lowest BCUT2D eigenvalue weighted by Gasteiger charge is -2.31. The van der Waals surface area contributed by atoms with Crippen LogP contribution in [0.5, 0.6) is 0 Å². The summed E-state index contributed by atoms with van der Waals surface area (Å²) in [4.78, 5) is 6.74. The predicted molar refractivity (Wildman–Crippen MR) is 79.4 cm³/mol. The molecule has 0 bridgehead atoms. The van der Waals surface area contributed by atoms with Gasteiger partial charge in [0.1, 0.15) is 12.2 Å². The topological polar surface area (TPSA) is 46.0 Å². The Balaban J connectivity index is 1.96. The summed E-state index contributed by atoms with van der Waals surface area (Å²) >= 11 is 0. The van der Waals surface area contributed by atoms with Gasteiger partial charge in [-0.2, -0.15) is 5.10 Å². The van der Waals surface area contributed by atoms with Crippen LogP contribution in [-0.2, 0) is 20.1 Å². The van der Waals surface area contributed by atoms with Crippen molar-refractivity contribution >= 4 is 5.69 Å². The van der Waals surface area contributed by atoms with E-state index in [4.69, 9.17) is 0 Å². The minimum absolute atomic E-state index is 0.0671. The van der Waals surface area contributed by atoms with Crippen molar-refractivity contribution in [3.05, 3.63) is 42.0 Å². The van der Waals surface area contributed by atoms with Crippen molar-refractivity contribution in [3.8, 4) is 0 Å². The van der Waals surface area contributed by atoms with Gasteiger partial charge in [0.15, 0.2) is 0 Å². The van der Waals surface area contributed by atoms with E-state index in [0.29, 0.717) is 0 Å². The molecule has 0 radical (unpaired) electrons. The van der Waals surface area contributed by atoms with E-state index in [1.807, 2.05) is 11.7 Å². The lowest BCUT2D eigenvalue weighted by molar-refractivity contribution is 0.393. The lowest BCUT2D eigenvalue weighted by Crippen LogP contribution is -2.46. The van der Waals surface area contributed by atoms with Crippen molar-refractivity contribution in [3.63, 3.8) is 0 Å². The molecule has 0 fully saturated rings. The third kappa shape index (κ3) is 2.54. The van der Waals surface area contributed by atoms with Crippen LogP contribution in [0.25, 0.3) is 0 Å². The standard InChI is InChI=1S/C15H21N5/c1-15(2)10-20(9-14-16-11-18-19(14)3)13-7-5-4-6-12(13)8-17-15/h4-7,11,17H,8-10H2,1-3H3. The fraction of sp³-hybridized carbons (Fsp3) is 0.467. The molecule has 106 valence electrons. The largest absolute Gasteiger partial charge is 0.362 e. The number of anilines is 1. The van der Waals surface area contributed by atoms with Crippen LogP contribution in [0, 0.1) is 0 Å². The highest BCUT2D eigenvalue weighted by Crippen LogP contribution is 2.27. The molecule has 1 N–H and O–H groups in total. The first kappa shape index (κ1) is 13.1. The third-order valence-corrected chi connectivity index (χ3v) is 3.81. The number of aromatic nitrogens is 3. The van der Waals surface area contributed by atoms with Gasteiger partial charge < -0.3 is 10.2 Å². The second-order valence-electron chi connectivity index (χ2n) is 6.02. The van der Waals surface area contributed by atoms with Crippen LogP contribution < -0.4 is 10.2 Å². The maximum Gasteiger partial charge on any atom is 0.146 e. The summed E-state index contributed by atoms with van der Waals surface area (Å²) in [5.74, 6) is 0.984. The quantitative estimate of drug-likeness (QED) is 0.903. The van der Waals surface area contributed by atoms with Gasteiger partial charge in [-0.1, -0.05) is 18.2 Å². The molecule has 1 aromatic heterocycles. The van der Waals surface area contributed by atoms with Gasteiger partial charge in [0.25, 0.3) is 0 Å². The smallest absolute Gasteiger partial charge is 0.146 e. The molecule has 0 saturated heterocycles. The molecular formula is C15H21N5. The number of benzene rings is 1. The molecule has 5 nitrogen and oxygen atoms in total. The average Bonchev–Trinajstić information content (AvgIpc) is 2.75. The zero-order chi connectivity index (χ0) is 14.2. The number of hydrogen-bond donors (Lipinski definition) is 1. The summed E-state index contributed by atoms with van der Waals surface area (Å²) in [6, 6.07) is 8.57. The number of rotatable bonds is 2. The zero-order valence-electron chi connectivity index (χ0n) is 12.3. The van der Waals surface area contributed by atoms with Crippen LogP contribution in [0.3, 0.4) is 0 Å². The van der Waals surface area contributed by atoms with E-state index >= 15 is 0 Å². The van der Waals surface area contributed by atoms with E-state index in [1.54, 1.807) is 6.33 Å². The van der Waals surface area contributed by atoms with Crippen molar-refractivity contribution in [1.29, 1.82) is 0 Å². The second kappa shape index (κ2) is 4.90. The van der Waals surface area contributed by atoms with Crippen LogP contribution in [0.15, 0.2) is 30.6 Å². The number of hydrogen-bond acceptors (Lipinski definition) is 4. The highest BCUT2D eigenvalue weighted by atomic mass is 15.3. The fourth-order valence-electron chi connectivity index (χ4n) is 2.70. The molecule has 2 heterocycles. The van der Waals surface area contributed by atoms with E-state index in [2.05, 4.69) is 58.4 Å². The number of para-hydroxylation sites is 1. The summed E-state index contributed by atoms with van der Waals surface area (Å²) < 4.78 is 1.84. The van der Waals surface area contributed by atoms with Crippen LogP contribution in [0.2, 0.25) is 0 Å². The summed E-state index contributed by atoms with van der Waals surface area (Å²) in [5, 5.41) is 7.78. The number of aryl methyl sites for hydroxylation is 1.